The van der Waals surface area contributed by atoms with Gasteiger partial charge in [-0.15, -0.1) is 11.3 Å². The summed E-state index contributed by atoms with van der Waals surface area (Å²) in [5.41, 5.74) is 3.66. The molecule has 9 nitrogen and oxygen atoms in total. The average Bonchev–Trinajstić information content (AvgIpc) is 3.57. The average molecular weight is 474 g/mol. The molecule has 2 atom stereocenters. The standard InChI is InChI=1S/C24H23N7O2S/c1-14-8-15(3-5-20(14)32-12-22-26-6-7-34-22)29-23-17-9-16(2-4-18(17)27-13-28-23)30-24-31-19-10-25-11-21(19)33-24/h2-9,13,19,21,25H,10-12H2,1H3,(H,30,31)(H,27,28,29). The van der Waals surface area contributed by atoms with Gasteiger partial charge in [0.2, 0.25) is 0 Å². The van der Waals surface area contributed by atoms with Crippen molar-refractivity contribution in [1.29, 1.82) is 0 Å². The Bertz CT molecular complexity index is 1360. The van der Waals surface area contributed by atoms with Gasteiger partial charge in [-0.05, 0) is 48.9 Å². The molecule has 172 valence electrons. The predicted octanol–water partition coefficient (Wildman–Crippen LogP) is 3.86. The Labute approximate surface area is 200 Å². The van der Waals surface area contributed by atoms with E-state index < -0.39 is 0 Å². The second kappa shape index (κ2) is 8.88. The highest BCUT2D eigenvalue weighted by molar-refractivity contribution is 7.09. The Hall–Kier alpha value is -3.76. The fraction of sp³-hybridized carbons (Fsp3) is 0.250. The summed E-state index contributed by atoms with van der Waals surface area (Å²) in [6.07, 6.45) is 3.46. The van der Waals surface area contributed by atoms with Crippen molar-refractivity contribution >= 4 is 45.5 Å². The lowest BCUT2D eigenvalue weighted by atomic mass is 10.1. The number of benzene rings is 2. The lowest BCUT2D eigenvalue weighted by Gasteiger charge is -2.13. The minimum atomic E-state index is 0.111. The molecule has 0 spiro atoms. The Balaban J connectivity index is 1.20. The van der Waals surface area contributed by atoms with Crippen LogP contribution in [0.1, 0.15) is 10.6 Å². The molecule has 0 amide bonds. The first-order valence-electron chi connectivity index (χ1n) is 11.1. The molecule has 6 rings (SSSR count). The summed E-state index contributed by atoms with van der Waals surface area (Å²) in [4.78, 5) is 17.8. The van der Waals surface area contributed by atoms with Crippen molar-refractivity contribution in [3.63, 3.8) is 0 Å². The van der Waals surface area contributed by atoms with Crippen molar-refractivity contribution in [2.75, 3.05) is 23.7 Å². The normalized spacial score (nSPS) is 18.9. The molecule has 1 saturated heterocycles. The van der Waals surface area contributed by atoms with E-state index >= 15 is 0 Å². The molecule has 4 aromatic rings. The van der Waals surface area contributed by atoms with Crippen molar-refractivity contribution in [3.05, 3.63) is 64.9 Å². The van der Waals surface area contributed by atoms with E-state index in [2.05, 4.69) is 35.9 Å². The second-order valence-corrected chi connectivity index (χ2v) is 9.19. The Kier molecular flexibility index (Phi) is 5.44. The lowest BCUT2D eigenvalue weighted by Crippen LogP contribution is -2.22. The summed E-state index contributed by atoms with van der Waals surface area (Å²) in [6, 6.07) is 12.7. The number of aryl methyl sites for hydroxylation is 1. The highest BCUT2D eigenvalue weighted by Crippen LogP contribution is 2.29. The highest BCUT2D eigenvalue weighted by Gasteiger charge is 2.35. The maximum atomic E-state index is 5.92. The van der Waals surface area contributed by atoms with Crippen LogP contribution in [0.15, 0.2) is 59.3 Å². The molecule has 0 saturated carbocycles. The van der Waals surface area contributed by atoms with Gasteiger partial charge in [0.1, 0.15) is 41.7 Å². The quantitative estimate of drug-likeness (QED) is 0.388. The summed E-state index contributed by atoms with van der Waals surface area (Å²) in [7, 11) is 0. The lowest BCUT2D eigenvalue weighted by molar-refractivity contribution is 0.224. The topological polar surface area (TPSA) is 106 Å². The van der Waals surface area contributed by atoms with Gasteiger partial charge in [0, 0.05) is 41.4 Å². The molecule has 2 aromatic heterocycles. The number of hydrogen-bond donors (Lipinski definition) is 3. The van der Waals surface area contributed by atoms with Crippen LogP contribution in [0.25, 0.3) is 10.9 Å². The zero-order chi connectivity index (χ0) is 22.9. The van der Waals surface area contributed by atoms with Crippen molar-refractivity contribution in [3.8, 4) is 5.75 Å². The molecular formula is C24H23N7O2S. The fourth-order valence-electron chi connectivity index (χ4n) is 4.12. The van der Waals surface area contributed by atoms with Crippen molar-refractivity contribution in [2.45, 2.75) is 25.7 Å². The van der Waals surface area contributed by atoms with Gasteiger partial charge in [-0.2, -0.15) is 0 Å². The summed E-state index contributed by atoms with van der Waals surface area (Å²) in [6.45, 7) is 4.16. The van der Waals surface area contributed by atoms with E-state index in [0.29, 0.717) is 12.6 Å². The fourth-order valence-corrected chi connectivity index (χ4v) is 4.65. The third-order valence-corrected chi connectivity index (χ3v) is 6.59. The molecule has 2 aromatic carbocycles. The van der Waals surface area contributed by atoms with Gasteiger partial charge < -0.3 is 25.4 Å². The highest BCUT2D eigenvalue weighted by atomic mass is 32.1. The smallest absolute Gasteiger partial charge is 0.290 e. The molecule has 1 fully saturated rings. The number of aliphatic imine (C=N–C) groups is 1. The van der Waals surface area contributed by atoms with Gasteiger partial charge >= 0.3 is 0 Å². The minimum Gasteiger partial charge on any atom is -0.486 e. The van der Waals surface area contributed by atoms with Crippen LogP contribution < -0.4 is 20.7 Å². The number of nitrogens with zero attached hydrogens (tertiary/aromatic N) is 4. The molecule has 0 aliphatic carbocycles. The van der Waals surface area contributed by atoms with Gasteiger partial charge in [-0.1, -0.05) is 0 Å². The molecule has 2 aliphatic heterocycles. The van der Waals surface area contributed by atoms with Crippen LogP contribution in [0, 0.1) is 6.92 Å². The van der Waals surface area contributed by atoms with Crippen molar-refractivity contribution in [1.82, 2.24) is 20.3 Å². The number of ether oxygens (including phenoxy) is 2. The zero-order valence-electron chi connectivity index (χ0n) is 18.5. The number of rotatable bonds is 6. The Morgan fingerprint density at radius 2 is 2.00 bits per heavy atom. The predicted molar refractivity (Wildman–Crippen MR) is 133 cm³/mol. The van der Waals surface area contributed by atoms with Crippen LogP contribution in [0.5, 0.6) is 5.75 Å². The third kappa shape index (κ3) is 4.25. The summed E-state index contributed by atoms with van der Waals surface area (Å²) in [5, 5.41) is 13.8. The molecule has 4 heterocycles. The van der Waals surface area contributed by atoms with Gasteiger partial charge in [-0.3, -0.25) is 0 Å². The van der Waals surface area contributed by atoms with Crippen LogP contribution in [-0.2, 0) is 11.3 Å². The van der Waals surface area contributed by atoms with Gasteiger partial charge in [0.05, 0.1) is 5.52 Å². The van der Waals surface area contributed by atoms with Gasteiger partial charge in [0.15, 0.2) is 0 Å². The Morgan fingerprint density at radius 1 is 1.09 bits per heavy atom. The largest absolute Gasteiger partial charge is 0.486 e. The molecule has 2 aliphatic rings. The van der Waals surface area contributed by atoms with Crippen LogP contribution >= 0.6 is 11.3 Å². The maximum Gasteiger partial charge on any atom is 0.290 e. The third-order valence-electron chi connectivity index (χ3n) is 5.83. The van der Waals surface area contributed by atoms with Crippen LogP contribution in [0.3, 0.4) is 0 Å². The molecule has 34 heavy (non-hydrogen) atoms. The summed E-state index contributed by atoms with van der Waals surface area (Å²) >= 11 is 1.58. The first kappa shape index (κ1) is 20.8. The van der Waals surface area contributed by atoms with Crippen molar-refractivity contribution in [2.24, 2.45) is 4.99 Å². The molecule has 10 heteroatoms. The zero-order valence-corrected chi connectivity index (χ0v) is 19.3. The summed E-state index contributed by atoms with van der Waals surface area (Å²) < 4.78 is 11.8. The van der Waals surface area contributed by atoms with Crippen LogP contribution in [0.4, 0.5) is 17.2 Å². The van der Waals surface area contributed by atoms with E-state index in [1.54, 1.807) is 23.9 Å². The SMILES string of the molecule is Cc1cc(Nc2ncnc3ccc(NC4=NC5CNCC5O4)cc23)ccc1OCc1nccs1. The number of hydrogen-bond acceptors (Lipinski definition) is 10. The molecule has 2 unspecified atom stereocenters. The first-order chi connectivity index (χ1) is 16.7. The number of nitrogens with one attached hydrogen (secondary N) is 3. The van der Waals surface area contributed by atoms with E-state index in [1.165, 1.54) is 0 Å². The number of fused-ring (bicyclic) bond motifs is 2. The second-order valence-electron chi connectivity index (χ2n) is 8.22. The van der Waals surface area contributed by atoms with Gasteiger partial charge in [-0.25, -0.2) is 19.9 Å². The van der Waals surface area contributed by atoms with E-state index in [0.717, 1.165) is 57.5 Å². The van der Waals surface area contributed by atoms with E-state index in [1.807, 2.05) is 48.7 Å². The van der Waals surface area contributed by atoms with Gasteiger partial charge in [0.25, 0.3) is 6.02 Å². The molecule has 0 radical (unpaired) electrons. The summed E-state index contributed by atoms with van der Waals surface area (Å²) in [5.74, 6) is 1.55. The molecular weight excluding hydrogens is 450 g/mol. The number of anilines is 3. The van der Waals surface area contributed by atoms with Crippen LogP contribution in [-0.4, -0.2) is 46.2 Å². The van der Waals surface area contributed by atoms with E-state index in [4.69, 9.17) is 9.47 Å². The van der Waals surface area contributed by atoms with Crippen LogP contribution in [0.2, 0.25) is 0 Å². The van der Waals surface area contributed by atoms with Crippen molar-refractivity contribution < 1.29 is 9.47 Å². The number of thiazole rings is 1. The Morgan fingerprint density at radius 3 is 2.85 bits per heavy atom. The van der Waals surface area contributed by atoms with E-state index in [9.17, 15) is 0 Å². The molecule has 3 N–H and O–H groups in total. The minimum absolute atomic E-state index is 0.111. The molecule has 0 bridgehead atoms. The number of aromatic nitrogens is 3. The first-order valence-corrected chi connectivity index (χ1v) is 11.9. The number of amidine groups is 1. The monoisotopic (exact) mass is 473 g/mol. The van der Waals surface area contributed by atoms with E-state index in [-0.39, 0.29) is 12.1 Å². The maximum absolute atomic E-state index is 5.92.